The lowest BCUT2D eigenvalue weighted by Crippen LogP contribution is -2.23. The first-order chi connectivity index (χ1) is 14.5. The van der Waals surface area contributed by atoms with Crippen molar-refractivity contribution in [1.29, 1.82) is 0 Å². The second-order valence-corrected chi connectivity index (χ2v) is 7.25. The van der Waals surface area contributed by atoms with Gasteiger partial charge in [-0.3, -0.25) is 14.2 Å². The molecule has 2 aromatic heterocycles. The van der Waals surface area contributed by atoms with Crippen molar-refractivity contribution in [3.05, 3.63) is 75.8 Å². The Bertz CT molecular complexity index is 1260. The number of nitrogens with one attached hydrogen (secondary N) is 1. The average molecular weight is 423 g/mol. The summed E-state index contributed by atoms with van der Waals surface area (Å²) >= 11 is 5.92. The van der Waals surface area contributed by atoms with Crippen molar-refractivity contribution in [2.24, 2.45) is 0 Å². The molecule has 152 valence electrons. The number of benzene rings is 2. The molecule has 0 unspecified atom stereocenters. The van der Waals surface area contributed by atoms with Crippen LogP contribution < -0.4 is 10.9 Å². The van der Waals surface area contributed by atoms with Gasteiger partial charge in [-0.15, -0.1) is 0 Å². The molecule has 0 saturated carbocycles. The van der Waals surface area contributed by atoms with E-state index in [9.17, 15) is 9.59 Å². The van der Waals surface area contributed by atoms with Gasteiger partial charge in [0.25, 0.3) is 11.1 Å². The Hall–Kier alpha value is -3.45. The zero-order valence-electron chi connectivity index (χ0n) is 16.3. The van der Waals surface area contributed by atoms with E-state index >= 15 is 0 Å². The Morgan fingerprint density at radius 1 is 1.20 bits per heavy atom. The van der Waals surface area contributed by atoms with E-state index in [1.807, 2.05) is 24.3 Å². The molecule has 4 aromatic rings. The second-order valence-electron chi connectivity index (χ2n) is 6.81. The van der Waals surface area contributed by atoms with E-state index in [4.69, 9.17) is 16.1 Å². The fourth-order valence-electron chi connectivity index (χ4n) is 3.11. The van der Waals surface area contributed by atoms with Crippen molar-refractivity contribution in [2.45, 2.75) is 26.3 Å². The normalized spacial score (nSPS) is 11.0. The highest BCUT2D eigenvalue weighted by Crippen LogP contribution is 2.25. The Morgan fingerprint density at radius 3 is 2.73 bits per heavy atom. The number of halogens is 1. The Labute approximate surface area is 177 Å². The van der Waals surface area contributed by atoms with E-state index in [0.29, 0.717) is 21.9 Å². The number of carbonyl (C=O) groups is 1. The third kappa shape index (κ3) is 4.11. The fourth-order valence-corrected chi connectivity index (χ4v) is 3.30. The highest BCUT2D eigenvalue weighted by molar-refractivity contribution is 6.30. The Morgan fingerprint density at radius 2 is 2.00 bits per heavy atom. The molecule has 7 nitrogen and oxygen atoms in total. The van der Waals surface area contributed by atoms with Crippen molar-refractivity contribution in [1.82, 2.24) is 14.7 Å². The van der Waals surface area contributed by atoms with Crippen molar-refractivity contribution in [3.8, 4) is 11.3 Å². The molecule has 0 radical (unpaired) electrons. The van der Waals surface area contributed by atoms with Crippen LogP contribution >= 0.6 is 11.6 Å². The predicted octanol–water partition coefficient (Wildman–Crippen LogP) is 4.30. The second kappa shape index (κ2) is 8.51. The molecule has 0 fully saturated rings. The molecular weight excluding hydrogens is 404 g/mol. The first-order valence-electron chi connectivity index (χ1n) is 9.54. The standard InChI is InChI=1S/C22H19ClN4O3/c1-2-14-6-8-15(9-7-14)19-20-21(30-26-19)22(29)27(13-24-20)11-10-18(28)25-17-5-3-4-16(23)12-17/h3-9,12-13H,2,10-11H2,1H3,(H,25,28). The van der Waals surface area contributed by atoms with Gasteiger partial charge < -0.3 is 9.84 Å². The molecule has 0 saturated heterocycles. The molecule has 0 aliphatic rings. The van der Waals surface area contributed by atoms with E-state index in [0.717, 1.165) is 12.0 Å². The van der Waals surface area contributed by atoms with Gasteiger partial charge in [0, 0.05) is 29.2 Å². The summed E-state index contributed by atoms with van der Waals surface area (Å²) in [5.41, 5.74) is 3.26. The fraction of sp³-hybridized carbons (Fsp3) is 0.182. The molecule has 2 heterocycles. The van der Waals surface area contributed by atoms with E-state index in [2.05, 4.69) is 22.4 Å². The largest absolute Gasteiger partial charge is 0.348 e. The minimum atomic E-state index is -0.375. The summed E-state index contributed by atoms with van der Waals surface area (Å²) in [5, 5.41) is 7.32. The number of nitrogens with zero attached hydrogens (tertiary/aromatic N) is 3. The van der Waals surface area contributed by atoms with Crippen LogP contribution in [0.4, 0.5) is 5.69 Å². The number of aryl methyl sites for hydroxylation is 2. The summed E-state index contributed by atoms with van der Waals surface area (Å²) in [6.07, 6.45) is 2.45. The monoisotopic (exact) mass is 422 g/mol. The summed E-state index contributed by atoms with van der Waals surface area (Å²) in [5.74, 6) is -0.237. The summed E-state index contributed by atoms with van der Waals surface area (Å²) in [7, 11) is 0. The number of hydrogen-bond acceptors (Lipinski definition) is 5. The molecule has 0 aliphatic carbocycles. The Kier molecular flexibility index (Phi) is 5.63. The molecule has 4 rings (SSSR count). The van der Waals surface area contributed by atoms with Gasteiger partial charge >= 0.3 is 0 Å². The van der Waals surface area contributed by atoms with Gasteiger partial charge in [0.05, 0.1) is 6.33 Å². The summed E-state index contributed by atoms with van der Waals surface area (Å²) in [6.45, 7) is 2.25. The molecule has 8 heteroatoms. The number of amides is 1. The lowest BCUT2D eigenvalue weighted by Gasteiger charge is -2.07. The lowest BCUT2D eigenvalue weighted by molar-refractivity contribution is -0.116. The van der Waals surface area contributed by atoms with E-state index in [1.165, 1.54) is 16.5 Å². The van der Waals surface area contributed by atoms with Gasteiger partial charge in [-0.2, -0.15) is 0 Å². The molecule has 2 aromatic carbocycles. The summed E-state index contributed by atoms with van der Waals surface area (Å²) < 4.78 is 6.63. The summed E-state index contributed by atoms with van der Waals surface area (Å²) in [6, 6.07) is 14.8. The minimum Gasteiger partial charge on any atom is -0.348 e. The van der Waals surface area contributed by atoms with Gasteiger partial charge in [-0.25, -0.2) is 4.98 Å². The number of rotatable bonds is 6. The van der Waals surface area contributed by atoms with E-state index in [-0.39, 0.29) is 30.0 Å². The number of hydrogen-bond donors (Lipinski definition) is 1. The van der Waals surface area contributed by atoms with Crippen LogP contribution in [-0.2, 0) is 17.8 Å². The summed E-state index contributed by atoms with van der Waals surface area (Å²) in [4.78, 5) is 29.3. The maximum atomic E-state index is 12.7. The van der Waals surface area contributed by atoms with Crippen LogP contribution in [-0.4, -0.2) is 20.6 Å². The van der Waals surface area contributed by atoms with Crippen LogP contribution in [0.1, 0.15) is 18.9 Å². The van der Waals surface area contributed by atoms with Gasteiger partial charge in [0.2, 0.25) is 5.91 Å². The first-order valence-corrected chi connectivity index (χ1v) is 9.92. The van der Waals surface area contributed by atoms with E-state index in [1.54, 1.807) is 24.3 Å². The molecule has 0 atom stereocenters. The zero-order valence-corrected chi connectivity index (χ0v) is 17.0. The molecule has 30 heavy (non-hydrogen) atoms. The number of carbonyl (C=O) groups excluding carboxylic acids is 1. The topological polar surface area (TPSA) is 90.0 Å². The van der Waals surface area contributed by atoms with Gasteiger partial charge in [-0.05, 0) is 30.2 Å². The van der Waals surface area contributed by atoms with Crippen LogP contribution in [0.5, 0.6) is 0 Å². The maximum absolute atomic E-state index is 12.7. The van der Waals surface area contributed by atoms with Crippen molar-refractivity contribution >= 4 is 34.3 Å². The SMILES string of the molecule is CCc1ccc(-c2noc3c(=O)n(CCC(=O)Nc4cccc(Cl)c4)cnc23)cc1. The number of aromatic nitrogens is 3. The van der Waals surface area contributed by atoms with Crippen molar-refractivity contribution in [2.75, 3.05) is 5.32 Å². The van der Waals surface area contributed by atoms with Gasteiger partial charge in [0.1, 0.15) is 11.2 Å². The molecular formula is C22H19ClN4O3. The highest BCUT2D eigenvalue weighted by Gasteiger charge is 2.16. The number of fused-ring (bicyclic) bond motifs is 1. The van der Waals surface area contributed by atoms with Crippen LogP contribution in [0.2, 0.25) is 5.02 Å². The van der Waals surface area contributed by atoms with Crippen molar-refractivity contribution in [3.63, 3.8) is 0 Å². The first kappa shape index (κ1) is 19.8. The van der Waals surface area contributed by atoms with Gasteiger partial charge in [-0.1, -0.05) is 54.0 Å². The molecule has 0 spiro atoms. The van der Waals surface area contributed by atoms with Crippen LogP contribution in [0.3, 0.4) is 0 Å². The lowest BCUT2D eigenvalue weighted by atomic mass is 10.1. The van der Waals surface area contributed by atoms with Crippen LogP contribution in [0.25, 0.3) is 22.4 Å². The molecule has 0 bridgehead atoms. The Balaban J connectivity index is 1.51. The van der Waals surface area contributed by atoms with Gasteiger partial charge in [0.15, 0.2) is 0 Å². The third-order valence-corrected chi connectivity index (χ3v) is 5.01. The third-order valence-electron chi connectivity index (χ3n) is 4.77. The number of anilines is 1. The van der Waals surface area contributed by atoms with E-state index < -0.39 is 0 Å². The van der Waals surface area contributed by atoms with Crippen LogP contribution in [0.15, 0.2) is 64.2 Å². The molecule has 1 N–H and O–H groups in total. The quantitative estimate of drug-likeness (QED) is 0.500. The highest BCUT2D eigenvalue weighted by atomic mass is 35.5. The van der Waals surface area contributed by atoms with Crippen LogP contribution in [0, 0.1) is 0 Å². The van der Waals surface area contributed by atoms with Crippen molar-refractivity contribution < 1.29 is 9.32 Å². The maximum Gasteiger partial charge on any atom is 0.299 e. The smallest absolute Gasteiger partial charge is 0.299 e. The molecule has 1 amide bonds. The minimum absolute atomic E-state index is 0.0716. The molecule has 0 aliphatic heterocycles. The average Bonchev–Trinajstić information content (AvgIpc) is 3.18. The zero-order chi connectivity index (χ0) is 21.1. The predicted molar refractivity (Wildman–Crippen MR) is 116 cm³/mol.